The van der Waals surface area contributed by atoms with Crippen molar-refractivity contribution in [1.82, 2.24) is 5.32 Å². The van der Waals surface area contributed by atoms with Crippen LogP contribution in [0.2, 0.25) is 0 Å². The predicted octanol–water partition coefficient (Wildman–Crippen LogP) is 1.60. The number of nitrogens with zero attached hydrogens (tertiary/aromatic N) is 1. The van der Waals surface area contributed by atoms with E-state index in [1.165, 1.54) is 7.11 Å². The molecule has 0 fully saturated rings. The molecule has 1 aromatic rings. The van der Waals surface area contributed by atoms with Gasteiger partial charge in [0.25, 0.3) is 0 Å². The van der Waals surface area contributed by atoms with Gasteiger partial charge in [-0.25, -0.2) is 0 Å². The van der Waals surface area contributed by atoms with Crippen LogP contribution in [0.4, 0.5) is 0 Å². The summed E-state index contributed by atoms with van der Waals surface area (Å²) in [6, 6.07) is 9.50. The molecule has 1 unspecified atom stereocenters. The zero-order valence-electron chi connectivity index (χ0n) is 10.1. The highest BCUT2D eigenvalue weighted by Crippen LogP contribution is 2.04. The molecule has 0 aliphatic carbocycles. The van der Waals surface area contributed by atoms with Gasteiger partial charge in [-0.1, -0.05) is 12.1 Å². The minimum Gasteiger partial charge on any atom is -0.469 e. The molecule has 0 bridgehead atoms. The molecule has 1 atom stereocenters. The van der Waals surface area contributed by atoms with Crippen molar-refractivity contribution in [2.24, 2.45) is 0 Å². The van der Waals surface area contributed by atoms with E-state index in [-0.39, 0.29) is 12.0 Å². The van der Waals surface area contributed by atoms with Crippen LogP contribution in [-0.4, -0.2) is 19.1 Å². The third-order valence-corrected chi connectivity index (χ3v) is 2.44. The van der Waals surface area contributed by atoms with Gasteiger partial charge < -0.3 is 10.1 Å². The Hall–Kier alpha value is -1.86. The molecule has 1 N–H and O–H groups in total. The zero-order chi connectivity index (χ0) is 12.7. The first-order valence-electron chi connectivity index (χ1n) is 5.45. The summed E-state index contributed by atoms with van der Waals surface area (Å²) in [5, 5.41) is 11.9. The fourth-order valence-electron chi connectivity index (χ4n) is 1.39. The fourth-order valence-corrected chi connectivity index (χ4v) is 1.39. The first-order chi connectivity index (χ1) is 8.15. The van der Waals surface area contributed by atoms with Crippen LogP contribution in [0.1, 0.15) is 24.5 Å². The molecule has 90 valence electrons. The molecule has 0 amide bonds. The van der Waals surface area contributed by atoms with Gasteiger partial charge in [0.1, 0.15) is 0 Å². The molecule has 0 radical (unpaired) electrons. The number of carbonyl (C=O) groups excluding carboxylic acids is 1. The highest BCUT2D eigenvalue weighted by Gasteiger charge is 2.08. The molecule has 0 aliphatic rings. The third kappa shape index (κ3) is 4.66. The molecule has 1 rings (SSSR count). The maximum absolute atomic E-state index is 11.0. The number of esters is 1. The molecule has 1 aromatic carbocycles. The van der Waals surface area contributed by atoms with Crippen molar-refractivity contribution in [2.45, 2.75) is 25.9 Å². The average molecular weight is 232 g/mol. The van der Waals surface area contributed by atoms with E-state index >= 15 is 0 Å². The number of benzene rings is 1. The summed E-state index contributed by atoms with van der Waals surface area (Å²) in [6.45, 7) is 2.60. The van der Waals surface area contributed by atoms with Gasteiger partial charge in [0, 0.05) is 12.6 Å². The second kappa shape index (κ2) is 6.66. The molecule has 4 nitrogen and oxygen atoms in total. The van der Waals surface area contributed by atoms with Gasteiger partial charge in [0.05, 0.1) is 25.2 Å². The Kier molecular flexibility index (Phi) is 5.18. The standard InChI is InChI=1S/C13H16N2O2/c1-10(7-13(16)17-2)15-9-12-5-3-11(8-14)4-6-12/h3-6,10,15H,7,9H2,1-2H3. The second-order valence-corrected chi connectivity index (χ2v) is 3.87. The van der Waals surface area contributed by atoms with Gasteiger partial charge in [0.15, 0.2) is 0 Å². The van der Waals surface area contributed by atoms with Crippen LogP contribution in [-0.2, 0) is 16.1 Å². The third-order valence-electron chi connectivity index (χ3n) is 2.44. The average Bonchev–Trinajstić information content (AvgIpc) is 2.36. The van der Waals surface area contributed by atoms with Crippen LogP contribution >= 0.6 is 0 Å². The number of nitrogens with one attached hydrogen (secondary N) is 1. The largest absolute Gasteiger partial charge is 0.469 e. The van der Waals surface area contributed by atoms with Gasteiger partial charge in [-0.3, -0.25) is 4.79 Å². The summed E-state index contributed by atoms with van der Waals surface area (Å²) in [7, 11) is 1.38. The van der Waals surface area contributed by atoms with E-state index in [9.17, 15) is 4.79 Å². The summed E-state index contributed by atoms with van der Waals surface area (Å²) in [6.07, 6.45) is 0.354. The summed E-state index contributed by atoms with van der Waals surface area (Å²) in [5.74, 6) is -0.218. The van der Waals surface area contributed by atoms with Crippen LogP contribution in [0.3, 0.4) is 0 Å². The number of rotatable bonds is 5. The van der Waals surface area contributed by atoms with E-state index in [1.807, 2.05) is 19.1 Å². The first kappa shape index (κ1) is 13.2. The molecule has 4 heteroatoms. The smallest absolute Gasteiger partial charge is 0.307 e. The number of carbonyl (C=O) groups is 1. The quantitative estimate of drug-likeness (QED) is 0.783. The van der Waals surface area contributed by atoms with Crippen molar-refractivity contribution in [3.63, 3.8) is 0 Å². The van der Waals surface area contributed by atoms with Crippen molar-refractivity contribution in [3.8, 4) is 6.07 Å². The summed E-state index contributed by atoms with van der Waals surface area (Å²) in [5.41, 5.74) is 1.73. The Morgan fingerprint density at radius 1 is 1.47 bits per heavy atom. The monoisotopic (exact) mass is 232 g/mol. The van der Waals surface area contributed by atoms with Crippen molar-refractivity contribution < 1.29 is 9.53 Å². The number of nitriles is 1. The van der Waals surface area contributed by atoms with E-state index < -0.39 is 0 Å². The van der Waals surface area contributed by atoms with E-state index in [0.29, 0.717) is 18.5 Å². The summed E-state index contributed by atoms with van der Waals surface area (Å²) in [4.78, 5) is 11.0. The van der Waals surface area contributed by atoms with Crippen LogP contribution in [0.15, 0.2) is 24.3 Å². The van der Waals surface area contributed by atoms with Crippen LogP contribution in [0, 0.1) is 11.3 Å². The van der Waals surface area contributed by atoms with Gasteiger partial charge in [-0.2, -0.15) is 5.26 Å². The zero-order valence-corrected chi connectivity index (χ0v) is 10.1. The van der Waals surface area contributed by atoms with Crippen LogP contribution in [0.5, 0.6) is 0 Å². The molecule has 0 saturated carbocycles. The molecule has 17 heavy (non-hydrogen) atoms. The van der Waals surface area contributed by atoms with Gasteiger partial charge in [-0.05, 0) is 24.6 Å². The predicted molar refractivity (Wildman–Crippen MR) is 64.1 cm³/mol. The fraction of sp³-hybridized carbons (Fsp3) is 0.385. The van der Waals surface area contributed by atoms with Crippen molar-refractivity contribution in [3.05, 3.63) is 35.4 Å². The molecule has 0 aromatic heterocycles. The normalized spacial score (nSPS) is 11.6. The topological polar surface area (TPSA) is 62.1 Å². The van der Waals surface area contributed by atoms with Crippen molar-refractivity contribution >= 4 is 5.97 Å². The Labute approximate surface area is 101 Å². The maximum atomic E-state index is 11.0. The highest BCUT2D eigenvalue weighted by atomic mass is 16.5. The number of hydrogen-bond donors (Lipinski definition) is 1. The van der Waals surface area contributed by atoms with Gasteiger partial charge >= 0.3 is 5.97 Å². The lowest BCUT2D eigenvalue weighted by Gasteiger charge is -2.12. The Balaban J connectivity index is 2.39. The lowest BCUT2D eigenvalue weighted by Crippen LogP contribution is -2.28. The minimum atomic E-state index is -0.218. The summed E-state index contributed by atoms with van der Waals surface area (Å²) < 4.78 is 4.59. The van der Waals surface area contributed by atoms with E-state index in [1.54, 1.807) is 12.1 Å². The number of hydrogen-bond acceptors (Lipinski definition) is 4. The molecular formula is C13H16N2O2. The molecular weight excluding hydrogens is 216 g/mol. The van der Waals surface area contributed by atoms with Gasteiger partial charge in [-0.15, -0.1) is 0 Å². The van der Waals surface area contributed by atoms with E-state index in [0.717, 1.165) is 5.56 Å². The Morgan fingerprint density at radius 3 is 2.65 bits per heavy atom. The van der Waals surface area contributed by atoms with Crippen molar-refractivity contribution in [2.75, 3.05) is 7.11 Å². The SMILES string of the molecule is COC(=O)CC(C)NCc1ccc(C#N)cc1. The maximum Gasteiger partial charge on any atom is 0.307 e. The lowest BCUT2D eigenvalue weighted by molar-refractivity contribution is -0.141. The number of methoxy groups -OCH3 is 1. The second-order valence-electron chi connectivity index (χ2n) is 3.87. The highest BCUT2D eigenvalue weighted by molar-refractivity contribution is 5.69. The van der Waals surface area contributed by atoms with Gasteiger partial charge in [0.2, 0.25) is 0 Å². The molecule has 0 saturated heterocycles. The Bertz CT molecular complexity index is 406. The first-order valence-corrected chi connectivity index (χ1v) is 5.45. The molecule has 0 heterocycles. The van der Waals surface area contributed by atoms with Crippen LogP contribution in [0.25, 0.3) is 0 Å². The van der Waals surface area contributed by atoms with Crippen LogP contribution < -0.4 is 5.32 Å². The van der Waals surface area contributed by atoms with Crippen molar-refractivity contribution in [1.29, 1.82) is 5.26 Å². The number of ether oxygens (including phenoxy) is 1. The Morgan fingerprint density at radius 2 is 2.12 bits per heavy atom. The lowest BCUT2D eigenvalue weighted by atomic mass is 10.1. The molecule has 0 aliphatic heterocycles. The van der Waals surface area contributed by atoms with E-state index in [2.05, 4.69) is 16.1 Å². The molecule has 0 spiro atoms. The van der Waals surface area contributed by atoms with E-state index in [4.69, 9.17) is 5.26 Å². The summed E-state index contributed by atoms with van der Waals surface area (Å²) >= 11 is 0. The minimum absolute atomic E-state index is 0.0677.